The van der Waals surface area contributed by atoms with Crippen LogP contribution < -0.4 is 11.1 Å². The molecule has 0 unspecified atom stereocenters. The van der Waals surface area contributed by atoms with E-state index in [0.717, 1.165) is 17.7 Å². The standard InChI is InChI=1S/C15H18N4O/c1-9-6-14(19(2)18-9)17-15(20)11-5-3-4-10(7-11)12-8-13(12)16/h3-7,12-13H,8,16H2,1-2H3,(H,17,20)/t12-,13+/m0/s1. The summed E-state index contributed by atoms with van der Waals surface area (Å²) in [5.41, 5.74) is 8.53. The van der Waals surface area contributed by atoms with Crippen LogP contribution in [0.25, 0.3) is 0 Å². The third kappa shape index (κ3) is 2.44. The maximum absolute atomic E-state index is 12.3. The van der Waals surface area contributed by atoms with Gasteiger partial charge in [-0.25, -0.2) is 0 Å². The van der Waals surface area contributed by atoms with Gasteiger partial charge in [0.05, 0.1) is 5.69 Å². The fraction of sp³-hybridized carbons (Fsp3) is 0.333. The SMILES string of the molecule is Cc1cc(NC(=O)c2cccc([C@@H]3C[C@H]3N)c2)n(C)n1. The number of anilines is 1. The Labute approximate surface area is 117 Å². The second-order valence-electron chi connectivity index (χ2n) is 5.38. The first-order valence-corrected chi connectivity index (χ1v) is 6.72. The Morgan fingerprint density at radius 2 is 2.20 bits per heavy atom. The van der Waals surface area contributed by atoms with Gasteiger partial charge in [0.15, 0.2) is 0 Å². The lowest BCUT2D eigenvalue weighted by atomic mass is 10.1. The highest BCUT2D eigenvalue weighted by atomic mass is 16.1. The molecule has 0 radical (unpaired) electrons. The lowest BCUT2D eigenvalue weighted by molar-refractivity contribution is 0.102. The van der Waals surface area contributed by atoms with E-state index in [2.05, 4.69) is 10.4 Å². The van der Waals surface area contributed by atoms with Crippen LogP contribution in [0.1, 0.15) is 34.0 Å². The molecule has 5 heteroatoms. The smallest absolute Gasteiger partial charge is 0.256 e. The number of hydrogen-bond acceptors (Lipinski definition) is 3. The van der Waals surface area contributed by atoms with Crippen molar-refractivity contribution in [3.63, 3.8) is 0 Å². The van der Waals surface area contributed by atoms with Crippen molar-refractivity contribution in [3.05, 3.63) is 47.2 Å². The molecule has 1 aliphatic rings. The van der Waals surface area contributed by atoms with Crippen LogP contribution in [0.2, 0.25) is 0 Å². The van der Waals surface area contributed by atoms with Crippen LogP contribution in [-0.2, 0) is 7.05 Å². The molecule has 2 aromatic rings. The van der Waals surface area contributed by atoms with E-state index in [1.54, 1.807) is 4.68 Å². The van der Waals surface area contributed by atoms with E-state index in [1.165, 1.54) is 0 Å². The zero-order valence-corrected chi connectivity index (χ0v) is 11.6. The molecule has 1 aromatic heterocycles. The van der Waals surface area contributed by atoms with Crippen molar-refractivity contribution < 1.29 is 4.79 Å². The van der Waals surface area contributed by atoms with E-state index in [9.17, 15) is 4.79 Å². The van der Waals surface area contributed by atoms with Crippen LogP contribution >= 0.6 is 0 Å². The highest BCUT2D eigenvalue weighted by Gasteiger charge is 2.34. The fourth-order valence-corrected chi connectivity index (χ4v) is 2.42. The molecular formula is C15H18N4O. The number of carbonyl (C=O) groups excluding carboxylic acids is 1. The third-order valence-electron chi connectivity index (χ3n) is 3.66. The molecular weight excluding hydrogens is 252 g/mol. The number of nitrogens with two attached hydrogens (primary N) is 1. The summed E-state index contributed by atoms with van der Waals surface area (Å²) in [6.07, 6.45) is 1.01. The molecule has 0 spiro atoms. The molecule has 1 amide bonds. The highest BCUT2D eigenvalue weighted by Crippen LogP contribution is 2.39. The van der Waals surface area contributed by atoms with Crippen molar-refractivity contribution in [2.75, 3.05) is 5.32 Å². The maximum atomic E-state index is 12.3. The molecule has 5 nitrogen and oxygen atoms in total. The van der Waals surface area contributed by atoms with Crippen LogP contribution in [0.4, 0.5) is 5.82 Å². The molecule has 2 atom stereocenters. The first kappa shape index (κ1) is 12.9. The summed E-state index contributed by atoms with van der Waals surface area (Å²) in [7, 11) is 1.81. The predicted molar refractivity (Wildman–Crippen MR) is 77.7 cm³/mol. The molecule has 1 saturated carbocycles. The van der Waals surface area contributed by atoms with Crippen molar-refractivity contribution in [3.8, 4) is 0 Å². The van der Waals surface area contributed by atoms with Gasteiger partial charge in [0, 0.05) is 30.6 Å². The van der Waals surface area contributed by atoms with E-state index in [1.807, 2.05) is 44.3 Å². The summed E-state index contributed by atoms with van der Waals surface area (Å²) in [5.74, 6) is 0.979. The largest absolute Gasteiger partial charge is 0.327 e. The maximum Gasteiger partial charge on any atom is 0.256 e. The molecule has 1 fully saturated rings. The number of hydrogen-bond donors (Lipinski definition) is 2. The number of aromatic nitrogens is 2. The predicted octanol–water partition coefficient (Wildman–Crippen LogP) is 1.80. The number of rotatable bonds is 3. The van der Waals surface area contributed by atoms with E-state index in [0.29, 0.717) is 17.3 Å². The lowest BCUT2D eigenvalue weighted by Crippen LogP contribution is -2.14. The Morgan fingerprint density at radius 3 is 2.80 bits per heavy atom. The number of amides is 1. The number of nitrogens with zero attached hydrogens (tertiary/aromatic N) is 2. The van der Waals surface area contributed by atoms with E-state index < -0.39 is 0 Å². The average molecular weight is 270 g/mol. The van der Waals surface area contributed by atoms with Crippen molar-refractivity contribution in [2.45, 2.75) is 25.3 Å². The van der Waals surface area contributed by atoms with Gasteiger partial charge in [0.25, 0.3) is 5.91 Å². The second kappa shape index (κ2) is 4.76. The summed E-state index contributed by atoms with van der Waals surface area (Å²) in [5, 5.41) is 7.08. The van der Waals surface area contributed by atoms with Crippen molar-refractivity contribution in [2.24, 2.45) is 12.8 Å². The van der Waals surface area contributed by atoms with E-state index >= 15 is 0 Å². The minimum absolute atomic E-state index is 0.121. The zero-order valence-electron chi connectivity index (χ0n) is 11.6. The van der Waals surface area contributed by atoms with Crippen molar-refractivity contribution in [1.82, 2.24) is 9.78 Å². The first-order valence-electron chi connectivity index (χ1n) is 6.72. The quantitative estimate of drug-likeness (QED) is 0.893. The second-order valence-corrected chi connectivity index (χ2v) is 5.38. The zero-order chi connectivity index (χ0) is 14.3. The molecule has 104 valence electrons. The minimum atomic E-state index is -0.121. The van der Waals surface area contributed by atoms with Gasteiger partial charge in [-0.15, -0.1) is 0 Å². The summed E-state index contributed by atoms with van der Waals surface area (Å²) in [6, 6.07) is 9.77. The van der Waals surface area contributed by atoms with Gasteiger partial charge in [-0.3, -0.25) is 9.48 Å². The number of benzene rings is 1. The Morgan fingerprint density at radius 1 is 1.45 bits per heavy atom. The average Bonchev–Trinajstić information content (AvgIpc) is 3.06. The van der Waals surface area contributed by atoms with Gasteiger partial charge in [-0.1, -0.05) is 12.1 Å². The summed E-state index contributed by atoms with van der Waals surface area (Å²) >= 11 is 0. The molecule has 20 heavy (non-hydrogen) atoms. The number of carbonyl (C=O) groups is 1. The van der Waals surface area contributed by atoms with Crippen LogP contribution in [0.15, 0.2) is 30.3 Å². The molecule has 3 rings (SSSR count). The number of aryl methyl sites for hydroxylation is 2. The molecule has 1 aromatic carbocycles. The molecule has 0 aliphatic heterocycles. The molecule has 3 N–H and O–H groups in total. The Balaban J connectivity index is 1.78. The van der Waals surface area contributed by atoms with Gasteiger partial charge in [0.1, 0.15) is 5.82 Å². The third-order valence-corrected chi connectivity index (χ3v) is 3.66. The lowest BCUT2D eigenvalue weighted by Gasteiger charge is -2.07. The van der Waals surface area contributed by atoms with Gasteiger partial charge < -0.3 is 11.1 Å². The van der Waals surface area contributed by atoms with Gasteiger partial charge in [0.2, 0.25) is 0 Å². The van der Waals surface area contributed by atoms with Crippen molar-refractivity contribution >= 4 is 11.7 Å². The number of nitrogens with one attached hydrogen (secondary N) is 1. The van der Waals surface area contributed by atoms with Crippen molar-refractivity contribution in [1.29, 1.82) is 0 Å². The highest BCUT2D eigenvalue weighted by molar-refractivity contribution is 6.04. The van der Waals surface area contributed by atoms with Gasteiger partial charge in [-0.05, 0) is 31.0 Å². The summed E-state index contributed by atoms with van der Waals surface area (Å²) in [6.45, 7) is 1.89. The fourth-order valence-electron chi connectivity index (χ4n) is 2.42. The monoisotopic (exact) mass is 270 g/mol. The Bertz CT molecular complexity index is 662. The van der Waals surface area contributed by atoms with Gasteiger partial charge in [-0.2, -0.15) is 5.10 Å². The molecule has 0 bridgehead atoms. The molecule has 0 saturated heterocycles. The van der Waals surface area contributed by atoms with Crippen LogP contribution in [0.3, 0.4) is 0 Å². The van der Waals surface area contributed by atoms with Crippen LogP contribution in [0.5, 0.6) is 0 Å². The Hall–Kier alpha value is -2.14. The topological polar surface area (TPSA) is 72.9 Å². The summed E-state index contributed by atoms with van der Waals surface area (Å²) in [4.78, 5) is 12.3. The van der Waals surface area contributed by atoms with Gasteiger partial charge >= 0.3 is 0 Å². The van der Waals surface area contributed by atoms with E-state index in [4.69, 9.17) is 5.73 Å². The first-order chi connectivity index (χ1) is 9.54. The normalized spacial score (nSPS) is 20.8. The van der Waals surface area contributed by atoms with Crippen LogP contribution in [0, 0.1) is 6.92 Å². The minimum Gasteiger partial charge on any atom is -0.327 e. The van der Waals surface area contributed by atoms with E-state index in [-0.39, 0.29) is 11.9 Å². The Kier molecular flexibility index (Phi) is 3.06. The molecule has 1 heterocycles. The van der Waals surface area contributed by atoms with Crippen LogP contribution in [-0.4, -0.2) is 21.7 Å². The summed E-state index contributed by atoms with van der Waals surface area (Å²) < 4.78 is 1.66. The molecule has 1 aliphatic carbocycles.